The fourth-order valence-corrected chi connectivity index (χ4v) is 2.79. The first-order valence-corrected chi connectivity index (χ1v) is 7.24. The van der Waals surface area contributed by atoms with Crippen molar-refractivity contribution in [2.24, 2.45) is 0 Å². The van der Waals surface area contributed by atoms with Crippen molar-refractivity contribution in [2.45, 2.75) is 12.8 Å². The second kappa shape index (κ2) is 5.78. The topological polar surface area (TPSA) is 90.8 Å². The molecule has 23 heavy (non-hydrogen) atoms. The Hall–Kier alpha value is -2.78. The van der Waals surface area contributed by atoms with E-state index in [0.717, 1.165) is 5.56 Å². The number of H-pyrrole nitrogens is 1. The average Bonchev–Trinajstić information content (AvgIpc) is 2.54. The predicted molar refractivity (Wildman–Crippen MR) is 86.6 cm³/mol. The lowest BCUT2D eigenvalue weighted by Gasteiger charge is -2.26. The number of ether oxygens (including phenoxy) is 1. The molecule has 6 nitrogen and oxygen atoms in total. The van der Waals surface area contributed by atoms with Crippen LogP contribution in [0.1, 0.15) is 24.0 Å². The highest BCUT2D eigenvalue weighted by atomic mass is 35.5. The molecule has 2 N–H and O–H groups in total. The standard InChI is InChI=1S/C16H13ClN4O2/c1-8-11(7-18)12(9-3-5-10(17)6-4-9)13-14(19-8)20-16(23-2)21-15(13)22/h3-6,12H,1-2H3,(H2,19,20,21,22). The third kappa shape index (κ3) is 2.56. The van der Waals surface area contributed by atoms with Gasteiger partial charge in [-0.15, -0.1) is 0 Å². The summed E-state index contributed by atoms with van der Waals surface area (Å²) < 4.78 is 5.00. The number of halogens is 1. The smallest absolute Gasteiger partial charge is 0.298 e. The number of benzene rings is 1. The second-order valence-corrected chi connectivity index (χ2v) is 5.53. The summed E-state index contributed by atoms with van der Waals surface area (Å²) in [5, 5.41) is 13.1. The van der Waals surface area contributed by atoms with Crippen molar-refractivity contribution in [3.63, 3.8) is 0 Å². The number of methoxy groups -OCH3 is 1. The molecule has 0 spiro atoms. The van der Waals surface area contributed by atoms with Gasteiger partial charge in [-0.3, -0.25) is 9.78 Å². The molecule has 7 heteroatoms. The Morgan fingerprint density at radius 2 is 2.04 bits per heavy atom. The Kier molecular flexibility index (Phi) is 3.80. The molecule has 0 amide bonds. The lowest BCUT2D eigenvalue weighted by atomic mass is 9.83. The van der Waals surface area contributed by atoms with Crippen LogP contribution in [0, 0.1) is 11.3 Å². The molecule has 0 radical (unpaired) electrons. The molecule has 1 atom stereocenters. The molecule has 1 aromatic heterocycles. The molecule has 1 aliphatic rings. The zero-order valence-corrected chi connectivity index (χ0v) is 13.2. The number of fused-ring (bicyclic) bond motifs is 1. The molecule has 1 unspecified atom stereocenters. The Bertz CT molecular complexity index is 894. The number of anilines is 1. The number of nitrogens with one attached hydrogen (secondary N) is 2. The summed E-state index contributed by atoms with van der Waals surface area (Å²) >= 11 is 5.93. The van der Waals surface area contributed by atoms with Crippen molar-refractivity contribution >= 4 is 17.4 Å². The van der Waals surface area contributed by atoms with E-state index in [0.29, 0.717) is 27.7 Å². The first kappa shape index (κ1) is 15.1. The Labute approximate surface area is 137 Å². The van der Waals surface area contributed by atoms with E-state index in [4.69, 9.17) is 16.3 Å². The van der Waals surface area contributed by atoms with Gasteiger partial charge in [0.2, 0.25) is 0 Å². The SMILES string of the molecule is COc1nc2c(c(=O)[nH]1)C(c1ccc(Cl)cc1)C(C#N)=C(C)N2. The molecule has 1 aromatic carbocycles. The van der Waals surface area contributed by atoms with Crippen LogP contribution in [0.15, 0.2) is 40.3 Å². The van der Waals surface area contributed by atoms with E-state index in [1.807, 2.05) is 0 Å². The molecule has 3 rings (SSSR count). The molecule has 2 aromatic rings. The van der Waals surface area contributed by atoms with Crippen LogP contribution in [0.4, 0.5) is 5.82 Å². The van der Waals surface area contributed by atoms with Crippen LogP contribution in [-0.2, 0) is 0 Å². The second-order valence-electron chi connectivity index (χ2n) is 5.10. The highest BCUT2D eigenvalue weighted by molar-refractivity contribution is 6.30. The van der Waals surface area contributed by atoms with Gasteiger partial charge in [-0.25, -0.2) is 0 Å². The zero-order chi connectivity index (χ0) is 16.6. The van der Waals surface area contributed by atoms with Crippen LogP contribution in [0.3, 0.4) is 0 Å². The monoisotopic (exact) mass is 328 g/mol. The third-order valence-corrected chi connectivity index (χ3v) is 3.99. The predicted octanol–water partition coefficient (Wildman–Crippen LogP) is 2.79. The van der Waals surface area contributed by atoms with E-state index < -0.39 is 5.92 Å². The van der Waals surface area contributed by atoms with Gasteiger partial charge in [-0.2, -0.15) is 10.2 Å². The first-order valence-electron chi connectivity index (χ1n) is 6.86. The molecular formula is C16H13ClN4O2. The first-order chi connectivity index (χ1) is 11.0. The summed E-state index contributed by atoms with van der Waals surface area (Å²) in [4.78, 5) is 19.3. The highest BCUT2D eigenvalue weighted by Crippen LogP contribution is 2.39. The summed E-state index contributed by atoms with van der Waals surface area (Å²) in [6.07, 6.45) is 0. The molecule has 0 saturated heterocycles. The van der Waals surface area contributed by atoms with Gasteiger partial charge in [0.15, 0.2) is 0 Å². The van der Waals surface area contributed by atoms with Crippen LogP contribution >= 0.6 is 11.6 Å². The highest BCUT2D eigenvalue weighted by Gasteiger charge is 2.32. The molecular weight excluding hydrogens is 316 g/mol. The molecule has 0 saturated carbocycles. The lowest BCUT2D eigenvalue weighted by Crippen LogP contribution is -2.27. The fourth-order valence-electron chi connectivity index (χ4n) is 2.66. The molecule has 0 aliphatic carbocycles. The van der Waals surface area contributed by atoms with Crippen molar-refractivity contribution in [3.8, 4) is 12.1 Å². The number of hydrogen-bond donors (Lipinski definition) is 2. The number of aromatic nitrogens is 2. The maximum absolute atomic E-state index is 12.5. The minimum absolute atomic E-state index is 0.115. The Morgan fingerprint density at radius 3 is 2.65 bits per heavy atom. The van der Waals surface area contributed by atoms with Crippen LogP contribution in [0.25, 0.3) is 0 Å². The minimum atomic E-state index is -0.504. The summed E-state index contributed by atoms with van der Waals surface area (Å²) in [7, 11) is 1.42. The number of hydrogen-bond acceptors (Lipinski definition) is 5. The van der Waals surface area contributed by atoms with Crippen molar-refractivity contribution in [3.05, 3.63) is 62.0 Å². The molecule has 0 bridgehead atoms. The summed E-state index contributed by atoms with van der Waals surface area (Å²) in [5.74, 6) is -0.113. The van der Waals surface area contributed by atoms with Gasteiger partial charge in [0.25, 0.3) is 11.6 Å². The van der Waals surface area contributed by atoms with Gasteiger partial charge in [0.05, 0.1) is 30.2 Å². The number of aromatic amines is 1. The van der Waals surface area contributed by atoms with Gasteiger partial charge in [-0.05, 0) is 24.6 Å². The fraction of sp³-hybridized carbons (Fsp3) is 0.188. The van der Waals surface area contributed by atoms with Gasteiger partial charge in [-0.1, -0.05) is 23.7 Å². The molecule has 0 fully saturated rings. The van der Waals surface area contributed by atoms with E-state index in [1.54, 1.807) is 31.2 Å². The number of nitriles is 1. The number of rotatable bonds is 2. The number of nitrogens with zero attached hydrogens (tertiary/aromatic N) is 2. The molecule has 2 heterocycles. The lowest BCUT2D eigenvalue weighted by molar-refractivity contribution is 0.378. The maximum Gasteiger partial charge on any atom is 0.298 e. The Balaban J connectivity index is 2.27. The van der Waals surface area contributed by atoms with Gasteiger partial charge in [0, 0.05) is 10.7 Å². The molecule has 1 aliphatic heterocycles. The quantitative estimate of drug-likeness (QED) is 0.884. The van der Waals surface area contributed by atoms with Crippen molar-refractivity contribution in [1.29, 1.82) is 5.26 Å². The van der Waals surface area contributed by atoms with Crippen LogP contribution < -0.4 is 15.6 Å². The van der Waals surface area contributed by atoms with Crippen molar-refractivity contribution in [2.75, 3.05) is 12.4 Å². The van der Waals surface area contributed by atoms with Crippen LogP contribution in [0.5, 0.6) is 6.01 Å². The minimum Gasteiger partial charge on any atom is -0.468 e. The summed E-state index contributed by atoms with van der Waals surface area (Å²) in [6, 6.07) is 9.37. The zero-order valence-electron chi connectivity index (χ0n) is 12.5. The summed E-state index contributed by atoms with van der Waals surface area (Å²) in [5.41, 5.74) is 1.96. The number of allylic oxidation sites excluding steroid dienone is 2. The third-order valence-electron chi connectivity index (χ3n) is 3.74. The van der Waals surface area contributed by atoms with E-state index in [1.165, 1.54) is 7.11 Å². The largest absolute Gasteiger partial charge is 0.468 e. The molecule has 116 valence electrons. The van der Waals surface area contributed by atoms with Gasteiger partial charge >= 0.3 is 0 Å². The van der Waals surface area contributed by atoms with E-state index in [2.05, 4.69) is 21.4 Å². The average molecular weight is 329 g/mol. The Morgan fingerprint density at radius 1 is 1.35 bits per heavy atom. The summed E-state index contributed by atoms with van der Waals surface area (Å²) in [6.45, 7) is 1.78. The maximum atomic E-state index is 12.5. The van der Waals surface area contributed by atoms with Crippen LogP contribution in [0.2, 0.25) is 5.02 Å². The van der Waals surface area contributed by atoms with E-state index in [9.17, 15) is 10.1 Å². The van der Waals surface area contributed by atoms with Crippen LogP contribution in [-0.4, -0.2) is 17.1 Å². The van der Waals surface area contributed by atoms with Gasteiger partial charge < -0.3 is 10.1 Å². The van der Waals surface area contributed by atoms with Crippen molar-refractivity contribution < 1.29 is 4.74 Å². The normalized spacial score (nSPS) is 16.3. The van der Waals surface area contributed by atoms with E-state index in [-0.39, 0.29) is 11.6 Å². The van der Waals surface area contributed by atoms with E-state index >= 15 is 0 Å². The van der Waals surface area contributed by atoms with Crippen molar-refractivity contribution in [1.82, 2.24) is 9.97 Å². The van der Waals surface area contributed by atoms with Gasteiger partial charge in [0.1, 0.15) is 5.82 Å².